The van der Waals surface area contributed by atoms with Gasteiger partial charge in [-0.1, -0.05) is 12.1 Å². The summed E-state index contributed by atoms with van der Waals surface area (Å²) < 4.78 is 19.4. The maximum absolute atomic E-state index is 14.3. The Bertz CT molecular complexity index is 956. The lowest BCUT2D eigenvalue weighted by atomic mass is 10.1. The second kappa shape index (κ2) is 5.24. The van der Waals surface area contributed by atoms with Gasteiger partial charge in [0.1, 0.15) is 17.4 Å². The van der Waals surface area contributed by atoms with Crippen LogP contribution in [0.1, 0.15) is 0 Å². The molecule has 2 aromatic carbocycles. The number of para-hydroxylation sites is 2. The van der Waals surface area contributed by atoms with Gasteiger partial charge in [0.15, 0.2) is 0 Å². The van der Waals surface area contributed by atoms with E-state index in [2.05, 4.69) is 20.2 Å². The van der Waals surface area contributed by atoms with Gasteiger partial charge in [-0.3, -0.25) is 5.10 Å². The minimum Gasteiger partial charge on any atom is -0.497 e. The first-order chi connectivity index (χ1) is 11.3. The Morgan fingerprint density at radius 1 is 1.09 bits per heavy atom. The van der Waals surface area contributed by atoms with E-state index in [1.54, 1.807) is 18.3 Å². The van der Waals surface area contributed by atoms with E-state index in [1.807, 2.05) is 24.3 Å². The van der Waals surface area contributed by atoms with Crippen LogP contribution in [-0.2, 0) is 0 Å². The number of H-pyrrole nitrogens is 2. The van der Waals surface area contributed by atoms with E-state index in [1.165, 1.54) is 13.2 Å². The van der Waals surface area contributed by atoms with Crippen molar-refractivity contribution < 1.29 is 9.13 Å². The van der Waals surface area contributed by atoms with Gasteiger partial charge >= 0.3 is 0 Å². The molecule has 6 heteroatoms. The largest absolute Gasteiger partial charge is 0.497 e. The quantitative estimate of drug-likeness (QED) is 0.605. The Labute approximate surface area is 131 Å². The highest BCUT2D eigenvalue weighted by atomic mass is 19.1. The van der Waals surface area contributed by atoms with Gasteiger partial charge in [0.2, 0.25) is 0 Å². The van der Waals surface area contributed by atoms with E-state index < -0.39 is 0 Å². The van der Waals surface area contributed by atoms with Gasteiger partial charge in [-0.15, -0.1) is 0 Å². The predicted molar refractivity (Wildman–Crippen MR) is 85.6 cm³/mol. The number of ether oxygens (including phenoxy) is 1. The molecule has 0 unspecified atom stereocenters. The summed E-state index contributed by atoms with van der Waals surface area (Å²) in [5.41, 5.74) is 3.47. The normalized spacial score (nSPS) is 11.0. The van der Waals surface area contributed by atoms with Gasteiger partial charge in [-0.2, -0.15) is 5.10 Å². The van der Waals surface area contributed by atoms with E-state index in [-0.39, 0.29) is 5.82 Å². The van der Waals surface area contributed by atoms with Crippen LogP contribution < -0.4 is 4.74 Å². The number of imidazole rings is 1. The molecule has 0 radical (unpaired) electrons. The molecule has 0 spiro atoms. The minimum absolute atomic E-state index is 0.383. The Balaban J connectivity index is 1.85. The van der Waals surface area contributed by atoms with Crippen LogP contribution in [-0.4, -0.2) is 27.3 Å². The van der Waals surface area contributed by atoms with Crippen LogP contribution in [0.3, 0.4) is 0 Å². The lowest BCUT2D eigenvalue weighted by molar-refractivity contribution is 0.411. The van der Waals surface area contributed by atoms with Gasteiger partial charge in [-0.05, 0) is 24.3 Å². The van der Waals surface area contributed by atoms with E-state index in [0.717, 1.165) is 11.0 Å². The third-order valence-corrected chi connectivity index (χ3v) is 3.73. The third-order valence-electron chi connectivity index (χ3n) is 3.73. The van der Waals surface area contributed by atoms with Crippen molar-refractivity contribution in [1.82, 2.24) is 20.2 Å². The number of nitrogens with zero attached hydrogens (tertiary/aromatic N) is 2. The zero-order valence-corrected chi connectivity index (χ0v) is 12.3. The van der Waals surface area contributed by atoms with Gasteiger partial charge in [0.05, 0.1) is 35.6 Å². The molecule has 0 fully saturated rings. The summed E-state index contributed by atoms with van der Waals surface area (Å²) >= 11 is 0. The van der Waals surface area contributed by atoms with Crippen molar-refractivity contribution in [1.29, 1.82) is 0 Å². The molecule has 4 rings (SSSR count). The first-order valence-corrected chi connectivity index (χ1v) is 7.08. The van der Waals surface area contributed by atoms with Crippen LogP contribution >= 0.6 is 0 Å². The molecule has 2 heterocycles. The standard InChI is InChI=1S/C17H13FN4O/c1-23-10-6-7-11(13(18)8-10)16-12(9-19-22-16)17-20-14-4-2-3-5-15(14)21-17/h2-9H,1H3,(H,19,22)(H,20,21). The topological polar surface area (TPSA) is 66.6 Å². The summed E-state index contributed by atoms with van der Waals surface area (Å²) in [7, 11) is 1.50. The smallest absolute Gasteiger partial charge is 0.142 e. The molecule has 0 saturated heterocycles. The van der Waals surface area contributed by atoms with E-state index in [4.69, 9.17) is 4.74 Å². The Morgan fingerprint density at radius 2 is 1.96 bits per heavy atom. The van der Waals surface area contributed by atoms with Crippen molar-refractivity contribution in [3.63, 3.8) is 0 Å². The molecule has 0 aliphatic carbocycles. The average Bonchev–Trinajstić information content (AvgIpc) is 3.20. The highest BCUT2D eigenvalue weighted by Gasteiger charge is 2.16. The van der Waals surface area contributed by atoms with Gasteiger partial charge < -0.3 is 9.72 Å². The number of methoxy groups -OCH3 is 1. The van der Waals surface area contributed by atoms with Crippen LogP contribution in [0.5, 0.6) is 5.75 Å². The van der Waals surface area contributed by atoms with Crippen molar-refractivity contribution in [2.75, 3.05) is 7.11 Å². The first kappa shape index (κ1) is 13.5. The molecule has 5 nitrogen and oxygen atoms in total. The number of aromatic nitrogens is 4. The lowest BCUT2D eigenvalue weighted by Crippen LogP contribution is -1.90. The highest BCUT2D eigenvalue weighted by molar-refractivity contribution is 5.84. The van der Waals surface area contributed by atoms with E-state index >= 15 is 0 Å². The van der Waals surface area contributed by atoms with Crippen LogP contribution in [0, 0.1) is 5.82 Å². The molecule has 0 bridgehead atoms. The fraction of sp³-hybridized carbons (Fsp3) is 0.0588. The zero-order chi connectivity index (χ0) is 15.8. The summed E-state index contributed by atoms with van der Waals surface area (Å²) in [6, 6.07) is 12.4. The Morgan fingerprint density at radius 3 is 2.74 bits per heavy atom. The molecule has 114 valence electrons. The lowest BCUT2D eigenvalue weighted by Gasteiger charge is -2.05. The summed E-state index contributed by atoms with van der Waals surface area (Å²) in [5.74, 6) is 0.729. The fourth-order valence-corrected chi connectivity index (χ4v) is 2.58. The number of hydrogen-bond acceptors (Lipinski definition) is 3. The number of benzene rings is 2. The van der Waals surface area contributed by atoms with Crippen molar-refractivity contribution >= 4 is 11.0 Å². The molecule has 2 N–H and O–H groups in total. The number of halogens is 1. The predicted octanol–water partition coefficient (Wildman–Crippen LogP) is 3.77. The van der Waals surface area contributed by atoms with Crippen LogP contribution in [0.15, 0.2) is 48.7 Å². The van der Waals surface area contributed by atoms with Crippen molar-refractivity contribution in [2.24, 2.45) is 0 Å². The number of fused-ring (bicyclic) bond motifs is 1. The minimum atomic E-state index is -0.383. The summed E-state index contributed by atoms with van der Waals surface area (Å²) in [4.78, 5) is 7.77. The molecular formula is C17H13FN4O. The second-order valence-corrected chi connectivity index (χ2v) is 5.11. The number of nitrogens with one attached hydrogen (secondary N) is 2. The Hall–Kier alpha value is -3.15. The fourth-order valence-electron chi connectivity index (χ4n) is 2.58. The molecule has 2 aromatic heterocycles. The van der Waals surface area contributed by atoms with Crippen LogP contribution in [0.4, 0.5) is 4.39 Å². The molecule has 4 aromatic rings. The van der Waals surface area contributed by atoms with Crippen LogP contribution in [0.25, 0.3) is 33.7 Å². The van der Waals surface area contributed by atoms with E-state index in [9.17, 15) is 4.39 Å². The highest BCUT2D eigenvalue weighted by Crippen LogP contribution is 2.32. The molecule has 23 heavy (non-hydrogen) atoms. The van der Waals surface area contributed by atoms with Gasteiger partial charge in [0, 0.05) is 11.6 Å². The van der Waals surface area contributed by atoms with Gasteiger partial charge in [0.25, 0.3) is 0 Å². The summed E-state index contributed by atoms with van der Waals surface area (Å²) in [5, 5.41) is 6.90. The number of rotatable bonds is 3. The number of hydrogen-bond donors (Lipinski definition) is 2. The van der Waals surface area contributed by atoms with Crippen molar-refractivity contribution in [2.45, 2.75) is 0 Å². The second-order valence-electron chi connectivity index (χ2n) is 5.11. The van der Waals surface area contributed by atoms with Gasteiger partial charge in [-0.25, -0.2) is 9.37 Å². The monoisotopic (exact) mass is 308 g/mol. The molecule has 0 amide bonds. The Kier molecular flexibility index (Phi) is 3.08. The molecule has 0 aliphatic rings. The van der Waals surface area contributed by atoms with Crippen molar-refractivity contribution in [3.05, 3.63) is 54.5 Å². The molecule has 0 aliphatic heterocycles. The molecular weight excluding hydrogens is 295 g/mol. The average molecular weight is 308 g/mol. The molecule has 0 saturated carbocycles. The molecule has 0 atom stereocenters. The maximum Gasteiger partial charge on any atom is 0.142 e. The number of aromatic amines is 2. The van der Waals surface area contributed by atoms with Crippen LogP contribution in [0.2, 0.25) is 0 Å². The maximum atomic E-state index is 14.3. The summed E-state index contributed by atoms with van der Waals surface area (Å²) in [6.45, 7) is 0. The third kappa shape index (κ3) is 2.24. The summed E-state index contributed by atoms with van der Waals surface area (Å²) in [6.07, 6.45) is 1.64. The zero-order valence-electron chi connectivity index (χ0n) is 12.3. The SMILES string of the molecule is COc1ccc(-c2[nH]ncc2-c2nc3ccccc3[nH]2)c(F)c1. The van der Waals surface area contributed by atoms with Crippen molar-refractivity contribution in [3.8, 4) is 28.4 Å². The van der Waals surface area contributed by atoms with E-state index in [0.29, 0.717) is 28.4 Å². The first-order valence-electron chi connectivity index (χ1n) is 7.08.